The molecular formula is C21H39CrO6S6. The first kappa shape index (κ1) is 41.9. The molecule has 0 bridgehead atoms. The number of hydrogen-bond donors (Lipinski definition) is 0. The van der Waals surface area contributed by atoms with E-state index in [1.54, 1.807) is 0 Å². The quantitative estimate of drug-likeness (QED) is 0.117. The first-order chi connectivity index (χ1) is 15.8. The minimum atomic E-state index is 0. The van der Waals surface area contributed by atoms with Gasteiger partial charge in [-0.2, -0.15) is 0 Å². The van der Waals surface area contributed by atoms with Crippen molar-refractivity contribution in [3.63, 3.8) is 0 Å². The van der Waals surface area contributed by atoms with Crippen LogP contribution in [0, 0.1) is 0 Å². The molecule has 201 valence electrons. The monoisotopic (exact) mass is 631 g/mol. The number of thiocarbonyl (C=S) groups is 3. The van der Waals surface area contributed by atoms with Gasteiger partial charge in [0.1, 0.15) is 19.8 Å². The summed E-state index contributed by atoms with van der Waals surface area (Å²) in [5, 5.41) is 0. The fourth-order valence-corrected chi connectivity index (χ4v) is 2.10. The minimum Gasteiger partial charge on any atom is -0.511 e. The molecule has 0 rings (SSSR count). The smallest absolute Gasteiger partial charge is 0.511 e. The van der Waals surface area contributed by atoms with Crippen LogP contribution in [0.3, 0.4) is 0 Å². The molecule has 1 radical (unpaired) electrons. The van der Waals surface area contributed by atoms with E-state index in [0.717, 1.165) is 58.3 Å². The fraction of sp³-hybridized carbons (Fsp3) is 0.857. The summed E-state index contributed by atoms with van der Waals surface area (Å²) in [5.41, 5.74) is 0. The van der Waals surface area contributed by atoms with Gasteiger partial charge in [0.05, 0.1) is 19.8 Å². The van der Waals surface area contributed by atoms with Crippen molar-refractivity contribution in [3.8, 4) is 0 Å². The summed E-state index contributed by atoms with van der Waals surface area (Å²) < 4.78 is 30.6. The maximum Gasteiger partial charge on any atom is 3.00 e. The minimum absolute atomic E-state index is 0. The third kappa shape index (κ3) is 53.9. The second kappa shape index (κ2) is 38.3. The Morgan fingerprint density at radius 1 is 0.471 bits per heavy atom. The molecule has 0 atom stereocenters. The average Bonchev–Trinajstić information content (AvgIpc) is 2.76. The van der Waals surface area contributed by atoms with Crippen LogP contribution in [0.2, 0.25) is 0 Å². The molecule has 0 amide bonds. The van der Waals surface area contributed by atoms with E-state index in [1.807, 2.05) is 0 Å². The molecule has 0 aromatic rings. The van der Waals surface area contributed by atoms with E-state index in [0.29, 0.717) is 39.6 Å². The summed E-state index contributed by atoms with van der Waals surface area (Å²) in [6.07, 6.45) is 6.75. The molecule has 0 aromatic carbocycles. The van der Waals surface area contributed by atoms with E-state index in [9.17, 15) is 0 Å². The Morgan fingerprint density at radius 2 is 0.706 bits per heavy atom. The summed E-state index contributed by atoms with van der Waals surface area (Å²) >= 11 is 27.2. The molecule has 0 unspecified atom stereocenters. The molecule has 0 aliphatic heterocycles. The van der Waals surface area contributed by atoms with Crippen LogP contribution in [0.4, 0.5) is 0 Å². The van der Waals surface area contributed by atoms with Crippen molar-refractivity contribution < 1.29 is 45.8 Å². The van der Waals surface area contributed by atoms with E-state index in [-0.39, 0.29) is 30.5 Å². The van der Waals surface area contributed by atoms with Gasteiger partial charge in [0.15, 0.2) is 0 Å². The van der Waals surface area contributed by atoms with Gasteiger partial charge in [-0.1, -0.05) is 40.0 Å². The van der Waals surface area contributed by atoms with Gasteiger partial charge in [0.25, 0.3) is 0 Å². The van der Waals surface area contributed by atoms with Crippen molar-refractivity contribution in [2.45, 2.75) is 59.3 Å². The van der Waals surface area contributed by atoms with Crippen molar-refractivity contribution in [1.82, 2.24) is 0 Å². The van der Waals surface area contributed by atoms with Crippen LogP contribution in [0.25, 0.3) is 0 Å². The maximum atomic E-state index is 5.19. The fourth-order valence-electron chi connectivity index (χ4n) is 1.60. The molecule has 0 aromatic heterocycles. The van der Waals surface area contributed by atoms with Crippen LogP contribution in [0.1, 0.15) is 59.3 Å². The van der Waals surface area contributed by atoms with E-state index >= 15 is 0 Å². The Morgan fingerprint density at radius 3 is 0.882 bits per heavy atom. The third-order valence-electron chi connectivity index (χ3n) is 3.27. The molecule has 34 heavy (non-hydrogen) atoms. The summed E-state index contributed by atoms with van der Waals surface area (Å²) in [7, 11) is 0. The average molecular weight is 632 g/mol. The van der Waals surface area contributed by atoms with Gasteiger partial charge in [0.2, 0.25) is 0 Å². The molecule has 0 spiro atoms. The molecule has 0 aliphatic carbocycles. The number of rotatable bonds is 18. The molecule has 0 saturated heterocycles. The second-order valence-corrected chi connectivity index (χ2v) is 9.19. The second-order valence-electron chi connectivity index (χ2n) is 6.19. The summed E-state index contributed by atoms with van der Waals surface area (Å²) in [5.74, 6) is 0. The van der Waals surface area contributed by atoms with Crippen molar-refractivity contribution in [2.24, 2.45) is 0 Å². The molecule has 0 aliphatic rings. The molecule has 0 N–H and O–H groups in total. The summed E-state index contributed by atoms with van der Waals surface area (Å²) in [6.45, 7) is 11.9. The van der Waals surface area contributed by atoms with Crippen molar-refractivity contribution in [1.29, 1.82) is 0 Å². The van der Waals surface area contributed by atoms with Crippen LogP contribution >= 0.6 is 36.7 Å². The molecule has 13 heteroatoms. The molecular weight excluding hydrogens is 593 g/mol. The van der Waals surface area contributed by atoms with E-state index < -0.39 is 0 Å². The van der Waals surface area contributed by atoms with E-state index in [4.69, 9.17) is 28.4 Å². The van der Waals surface area contributed by atoms with Crippen LogP contribution in [0.5, 0.6) is 0 Å². The van der Waals surface area contributed by atoms with Gasteiger partial charge in [-0.3, -0.25) is 0 Å². The predicted octanol–water partition coefficient (Wildman–Crippen LogP) is 4.95. The van der Waals surface area contributed by atoms with Crippen LogP contribution in [-0.4, -0.2) is 72.6 Å². The third-order valence-corrected chi connectivity index (χ3v) is 3.98. The number of ether oxygens (including phenoxy) is 6. The van der Waals surface area contributed by atoms with Crippen molar-refractivity contribution >= 4 is 87.7 Å². The Balaban J connectivity index is -0.000000196. The summed E-state index contributed by atoms with van der Waals surface area (Å²) in [4.78, 5) is 0. The Kier molecular flexibility index (Phi) is 47.1. The van der Waals surface area contributed by atoms with Crippen molar-refractivity contribution in [2.75, 3.05) is 59.5 Å². The largest absolute Gasteiger partial charge is 3.00 e. The van der Waals surface area contributed by atoms with Crippen LogP contribution < -0.4 is 0 Å². The first-order valence-corrected chi connectivity index (χ1v) is 13.5. The van der Waals surface area contributed by atoms with Gasteiger partial charge in [0, 0.05) is 33.0 Å². The molecule has 0 heterocycles. The van der Waals surface area contributed by atoms with Crippen LogP contribution in [-0.2, 0) is 83.7 Å². The maximum absolute atomic E-state index is 5.19. The molecule has 0 saturated carbocycles. The number of hydrogen-bond acceptors (Lipinski definition) is 12. The van der Waals surface area contributed by atoms with Crippen LogP contribution in [0.15, 0.2) is 0 Å². The zero-order valence-electron chi connectivity index (χ0n) is 20.4. The Labute approximate surface area is 250 Å². The van der Waals surface area contributed by atoms with E-state index in [1.165, 1.54) is 0 Å². The zero-order chi connectivity index (χ0) is 25.6. The zero-order valence-corrected chi connectivity index (χ0v) is 26.6. The Bertz CT molecular complexity index is 388. The standard InChI is InChI=1S/3C7H14O2S2.Cr/c3*1-2-3-4-8-5-6-9-7(10)11;/h3*2-6H2,1H3,(H,10,11);/q;;;+3/p-3. The van der Waals surface area contributed by atoms with Gasteiger partial charge < -0.3 is 103 Å². The van der Waals surface area contributed by atoms with Gasteiger partial charge in [-0.15, -0.1) is 0 Å². The predicted molar refractivity (Wildman–Crippen MR) is 155 cm³/mol. The Hall–Kier alpha value is 0.742. The van der Waals surface area contributed by atoms with Gasteiger partial charge >= 0.3 is 17.4 Å². The topological polar surface area (TPSA) is 55.4 Å². The van der Waals surface area contributed by atoms with Gasteiger partial charge in [-0.05, 0) is 19.3 Å². The van der Waals surface area contributed by atoms with Gasteiger partial charge in [-0.25, -0.2) is 0 Å². The normalized spacial score (nSPS) is 9.26. The molecule has 0 fully saturated rings. The van der Waals surface area contributed by atoms with E-state index in [2.05, 4.69) is 95.3 Å². The van der Waals surface area contributed by atoms with Crippen molar-refractivity contribution in [3.05, 3.63) is 0 Å². The number of unbranched alkanes of at least 4 members (excludes halogenated alkanes) is 3. The molecule has 6 nitrogen and oxygen atoms in total. The SMILES string of the molecule is CCCCOCCOC(=S)[S-].CCCCOCCOC(=S)[S-].CCCCOCCOC(=S)[S-].[Cr+3]. The summed E-state index contributed by atoms with van der Waals surface area (Å²) in [6, 6.07) is 0. The first-order valence-electron chi connectivity index (χ1n) is 11.1.